The molecule has 0 aliphatic heterocycles. The summed E-state index contributed by atoms with van der Waals surface area (Å²) >= 11 is -2.57. The average Bonchev–Trinajstić information content (AvgIpc) is 2.94. The number of hydrogen-bond acceptors (Lipinski definition) is 3. The van der Waals surface area contributed by atoms with Gasteiger partial charge in [-0.3, -0.25) is 9.00 Å². The van der Waals surface area contributed by atoms with Crippen LogP contribution in [0, 0.1) is 0 Å². The highest BCUT2D eigenvalue weighted by Gasteiger charge is 2.61. The molecule has 0 bridgehead atoms. The lowest BCUT2D eigenvalue weighted by Gasteiger charge is -2.16. The molecule has 0 saturated heterocycles. The Bertz CT molecular complexity index is 436. The zero-order valence-electron chi connectivity index (χ0n) is 8.25. The van der Waals surface area contributed by atoms with Gasteiger partial charge in [-0.05, 0) is 12.0 Å². The molecule has 0 spiro atoms. The smallest absolute Gasteiger partial charge is 0.325 e. The molecule has 0 aromatic heterocycles. The molecule has 0 radical (unpaired) electrons. The lowest BCUT2D eigenvalue weighted by Crippen LogP contribution is -2.41. The Morgan fingerprint density at radius 3 is 2.62 bits per heavy atom. The minimum Gasteiger partial charge on any atom is -0.760 e. The standard InChI is InChI=1S/C10H11NO4S/c12-9(13)10(11-16(14)15)6-8(10)7-4-2-1-3-5-7/h1-5,8,11H,6H2,(H,12,13)(H,14,15)/p-1. The highest BCUT2D eigenvalue weighted by molar-refractivity contribution is 7.77. The van der Waals surface area contributed by atoms with E-state index >= 15 is 0 Å². The second-order valence-corrected chi connectivity index (χ2v) is 4.45. The van der Waals surface area contributed by atoms with Gasteiger partial charge in [-0.15, -0.1) is 0 Å². The summed E-state index contributed by atoms with van der Waals surface area (Å²) in [4.78, 5) is 11.1. The van der Waals surface area contributed by atoms with E-state index in [0.717, 1.165) is 5.56 Å². The average molecular weight is 240 g/mol. The summed E-state index contributed by atoms with van der Waals surface area (Å²) in [6.07, 6.45) is 0.292. The van der Waals surface area contributed by atoms with Crippen LogP contribution in [0.5, 0.6) is 0 Å². The summed E-state index contributed by atoms with van der Waals surface area (Å²) < 4.78 is 23.2. The van der Waals surface area contributed by atoms with Crippen LogP contribution in [0.1, 0.15) is 17.9 Å². The Kier molecular flexibility index (Phi) is 2.79. The fourth-order valence-corrected chi connectivity index (χ4v) is 2.50. The van der Waals surface area contributed by atoms with E-state index in [0.29, 0.717) is 6.42 Å². The highest BCUT2D eigenvalue weighted by atomic mass is 32.2. The van der Waals surface area contributed by atoms with Crippen molar-refractivity contribution in [2.75, 3.05) is 0 Å². The molecule has 1 aromatic rings. The van der Waals surface area contributed by atoms with Gasteiger partial charge in [-0.2, -0.15) is 0 Å². The first-order chi connectivity index (χ1) is 7.56. The minimum absolute atomic E-state index is 0.288. The van der Waals surface area contributed by atoms with Gasteiger partial charge in [0.1, 0.15) is 5.54 Å². The van der Waals surface area contributed by atoms with Crippen molar-refractivity contribution in [1.82, 2.24) is 4.72 Å². The van der Waals surface area contributed by atoms with Crippen LogP contribution >= 0.6 is 0 Å². The first-order valence-electron chi connectivity index (χ1n) is 4.72. The van der Waals surface area contributed by atoms with Crippen molar-refractivity contribution in [3.8, 4) is 0 Å². The van der Waals surface area contributed by atoms with Crippen LogP contribution in [-0.4, -0.2) is 25.4 Å². The maximum atomic E-state index is 11.1. The summed E-state index contributed by atoms with van der Waals surface area (Å²) in [6.45, 7) is 0. The van der Waals surface area contributed by atoms with Crippen molar-refractivity contribution in [2.45, 2.75) is 17.9 Å². The van der Waals surface area contributed by atoms with Gasteiger partial charge in [0.05, 0.1) is 0 Å². The van der Waals surface area contributed by atoms with E-state index in [4.69, 9.17) is 5.11 Å². The summed E-state index contributed by atoms with van der Waals surface area (Å²) in [7, 11) is 0. The van der Waals surface area contributed by atoms with E-state index in [1.807, 2.05) is 6.07 Å². The van der Waals surface area contributed by atoms with Crippen LogP contribution in [0.15, 0.2) is 30.3 Å². The third kappa shape index (κ3) is 1.87. The van der Waals surface area contributed by atoms with E-state index in [1.54, 1.807) is 24.3 Å². The van der Waals surface area contributed by atoms with Crippen LogP contribution in [0.2, 0.25) is 0 Å². The maximum absolute atomic E-state index is 11.1. The SMILES string of the molecule is O=C(O)C1(NS(=O)[O-])CC1c1ccccc1. The number of hydrogen-bond donors (Lipinski definition) is 2. The molecule has 1 aliphatic rings. The zero-order chi connectivity index (χ0) is 11.8. The van der Waals surface area contributed by atoms with Gasteiger partial charge >= 0.3 is 5.97 Å². The second-order valence-electron chi connectivity index (χ2n) is 3.78. The summed E-state index contributed by atoms with van der Waals surface area (Å²) in [5.74, 6) is -1.42. The van der Waals surface area contributed by atoms with Crippen molar-refractivity contribution in [1.29, 1.82) is 0 Å². The molecule has 0 amide bonds. The fourth-order valence-electron chi connectivity index (χ4n) is 1.89. The van der Waals surface area contributed by atoms with Gasteiger partial charge in [0.25, 0.3) is 0 Å². The first kappa shape index (κ1) is 11.3. The topological polar surface area (TPSA) is 89.5 Å². The highest BCUT2D eigenvalue weighted by Crippen LogP contribution is 2.51. The predicted molar refractivity (Wildman–Crippen MR) is 56.2 cm³/mol. The second kappa shape index (κ2) is 3.97. The summed E-state index contributed by atoms with van der Waals surface area (Å²) in [6, 6.07) is 9.02. The van der Waals surface area contributed by atoms with Crippen molar-refractivity contribution in [3.63, 3.8) is 0 Å². The predicted octanol–water partition coefficient (Wildman–Crippen LogP) is 0.381. The molecule has 1 aromatic carbocycles. The third-order valence-electron chi connectivity index (χ3n) is 2.81. The molecule has 16 heavy (non-hydrogen) atoms. The number of nitrogens with one attached hydrogen (secondary N) is 1. The summed E-state index contributed by atoms with van der Waals surface area (Å²) in [5.41, 5.74) is -0.517. The van der Waals surface area contributed by atoms with Crippen LogP contribution in [-0.2, 0) is 16.1 Å². The lowest BCUT2D eigenvalue weighted by atomic mass is 10.1. The van der Waals surface area contributed by atoms with Crippen molar-refractivity contribution in [3.05, 3.63) is 35.9 Å². The number of rotatable bonds is 4. The number of carboxylic acid groups (broad SMARTS) is 1. The Hall–Kier alpha value is -1.24. The van der Waals surface area contributed by atoms with Crippen LogP contribution in [0.25, 0.3) is 0 Å². The zero-order valence-corrected chi connectivity index (χ0v) is 9.07. The Morgan fingerprint density at radius 2 is 2.12 bits per heavy atom. The van der Waals surface area contributed by atoms with Gasteiger partial charge in [0, 0.05) is 17.2 Å². The molecular formula is C10H10NO4S-. The molecule has 5 nitrogen and oxygen atoms in total. The van der Waals surface area contributed by atoms with Crippen molar-refractivity contribution >= 4 is 17.2 Å². The Labute approximate surface area is 94.9 Å². The molecule has 1 fully saturated rings. The number of carboxylic acids is 1. The van der Waals surface area contributed by atoms with Gasteiger partial charge in [-0.25, -0.2) is 4.72 Å². The van der Waals surface area contributed by atoms with Gasteiger partial charge in [0.2, 0.25) is 0 Å². The Balaban J connectivity index is 2.22. The van der Waals surface area contributed by atoms with Gasteiger partial charge < -0.3 is 9.66 Å². The fraction of sp³-hybridized carbons (Fsp3) is 0.300. The van der Waals surface area contributed by atoms with Crippen LogP contribution in [0.4, 0.5) is 0 Å². The molecule has 2 rings (SSSR count). The van der Waals surface area contributed by atoms with E-state index < -0.39 is 22.8 Å². The minimum atomic E-state index is -2.57. The van der Waals surface area contributed by atoms with E-state index in [1.165, 1.54) is 0 Å². The molecule has 3 atom stereocenters. The molecule has 1 saturated carbocycles. The number of aliphatic carboxylic acids is 1. The van der Waals surface area contributed by atoms with Gasteiger partial charge in [0.15, 0.2) is 0 Å². The van der Waals surface area contributed by atoms with E-state index in [2.05, 4.69) is 4.72 Å². The molecule has 2 N–H and O–H groups in total. The largest absolute Gasteiger partial charge is 0.760 e. The Morgan fingerprint density at radius 1 is 1.50 bits per heavy atom. The van der Waals surface area contributed by atoms with Crippen LogP contribution < -0.4 is 4.72 Å². The number of benzene rings is 1. The molecule has 1 aliphatic carbocycles. The molecule has 0 heterocycles. The number of carbonyl (C=O) groups is 1. The van der Waals surface area contributed by atoms with Crippen LogP contribution in [0.3, 0.4) is 0 Å². The van der Waals surface area contributed by atoms with Crippen molar-refractivity contribution < 1.29 is 18.7 Å². The van der Waals surface area contributed by atoms with Crippen molar-refractivity contribution in [2.24, 2.45) is 0 Å². The lowest BCUT2D eigenvalue weighted by molar-refractivity contribution is -0.140. The summed E-state index contributed by atoms with van der Waals surface area (Å²) in [5, 5.41) is 9.05. The molecule has 6 heteroatoms. The van der Waals surface area contributed by atoms with E-state index in [-0.39, 0.29) is 5.92 Å². The maximum Gasteiger partial charge on any atom is 0.325 e. The normalized spacial score (nSPS) is 29.7. The first-order valence-corrected chi connectivity index (χ1v) is 5.79. The molecule has 3 unspecified atom stereocenters. The molecular weight excluding hydrogens is 230 g/mol. The molecule has 86 valence electrons. The monoisotopic (exact) mass is 240 g/mol. The quantitative estimate of drug-likeness (QED) is 0.744. The van der Waals surface area contributed by atoms with E-state index in [9.17, 15) is 13.6 Å². The third-order valence-corrected chi connectivity index (χ3v) is 3.34. The van der Waals surface area contributed by atoms with Gasteiger partial charge in [-0.1, -0.05) is 30.3 Å².